The Hall–Kier alpha value is -2.34. The Morgan fingerprint density at radius 2 is 1.87 bits per heavy atom. The zero-order valence-corrected chi connectivity index (χ0v) is 20.1. The molecule has 1 aromatic carbocycles. The van der Waals surface area contributed by atoms with Crippen LogP contribution in [0.2, 0.25) is 0 Å². The summed E-state index contributed by atoms with van der Waals surface area (Å²) in [6.07, 6.45) is 1.39. The molecule has 1 aromatic heterocycles. The van der Waals surface area contributed by atoms with Crippen LogP contribution < -0.4 is 10.2 Å². The quantitative estimate of drug-likeness (QED) is 0.592. The highest BCUT2D eigenvalue weighted by Gasteiger charge is 2.25. The van der Waals surface area contributed by atoms with Crippen LogP contribution in [-0.4, -0.2) is 36.9 Å². The Bertz CT molecular complexity index is 854. The summed E-state index contributed by atoms with van der Waals surface area (Å²) in [6, 6.07) is 9.72. The van der Waals surface area contributed by atoms with Crippen molar-refractivity contribution in [2.24, 2.45) is 5.41 Å². The van der Waals surface area contributed by atoms with Crippen LogP contribution in [0.1, 0.15) is 62.7 Å². The number of nitrogens with zero attached hydrogens (tertiary/aromatic N) is 2. The summed E-state index contributed by atoms with van der Waals surface area (Å²) in [7, 11) is 3.99. The van der Waals surface area contributed by atoms with Crippen molar-refractivity contribution < 1.29 is 9.59 Å². The number of anilines is 2. The van der Waals surface area contributed by atoms with Crippen molar-refractivity contribution in [2.75, 3.05) is 24.3 Å². The molecule has 0 fully saturated rings. The highest BCUT2D eigenvalue weighted by Crippen LogP contribution is 2.28. The maximum absolute atomic E-state index is 13.1. The van der Waals surface area contributed by atoms with E-state index in [-0.39, 0.29) is 23.3 Å². The van der Waals surface area contributed by atoms with Crippen LogP contribution in [0, 0.1) is 5.41 Å². The van der Waals surface area contributed by atoms with Gasteiger partial charge in [0.2, 0.25) is 5.91 Å². The van der Waals surface area contributed by atoms with Crippen LogP contribution in [0.4, 0.5) is 11.4 Å². The molecule has 2 rings (SSSR count). The minimum Gasteiger partial charge on any atom is -0.377 e. The summed E-state index contributed by atoms with van der Waals surface area (Å²) in [5, 5.41) is 4.87. The normalized spacial score (nSPS) is 12.4. The predicted molar refractivity (Wildman–Crippen MR) is 127 cm³/mol. The number of amides is 2. The second kappa shape index (κ2) is 10.1. The van der Waals surface area contributed by atoms with Gasteiger partial charge in [-0.25, -0.2) is 0 Å². The van der Waals surface area contributed by atoms with Gasteiger partial charge in [0, 0.05) is 44.5 Å². The van der Waals surface area contributed by atoms with Gasteiger partial charge < -0.3 is 15.1 Å². The van der Waals surface area contributed by atoms with E-state index in [9.17, 15) is 9.59 Å². The van der Waals surface area contributed by atoms with E-state index in [1.54, 1.807) is 0 Å². The van der Waals surface area contributed by atoms with E-state index in [0.717, 1.165) is 23.4 Å². The van der Waals surface area contributed by atoms with Crippen molar-refractivity contribution in [3.63, 3.8) is 0 Å². The van der Waals surface area contributed by atoms with Gasteiger partial charge in [0.25, 0.3) is 5.91 Å². The second-order valence-electron chi connectivity index (χ2n) is 9.19. The summed E-state index contributed by atoms with van der Waals surface area (Å²) < 4.78 is 0. The van der Waals surface area contributed by atoms with Gasteiger partial charge in [-0.1, -0.05) is 33.8 Å². The molecule has 0 unspecified atom stereocenters. The van der Waals surface area contributed by atoms with Gasteiger partial charge in [-0.2, -0.15) is 0 Å². The van der Waals surface area contributed by atoms with Gasteiger partial charge in [-0.3, -0.25) is 9.59 Å². The molecule has 30 heavy (non-hydrogen) atoms. The van der Waals surface area contributed by atoms with E-state index in [4.69, 9.17) is 0 Å². The van der Waals surface area contributed by atoms with Gasteiger partial charge in [0.1, 0.15) is 0 Å². The van der Waals surface area contributed by atoms with Gasteiger partial charge >= 0.3 is 0 Å². The standard InChI is InChI=1S/C24H35N3O2S/c1-8-17(2)27(22(28)15-24(3,4)5)16-18-14-19(11-12-20(18)26(6)7)25-23(29)21-10-9-13-30-21/h9-14,17H,8,15-16H2,1-7H3,(H,25,29)/t17-/m1/s1. The molecule has 0 aliphatic rings. The Morgan fingerprint density at radius 1 is 1.17 bits per heavy atom. The number of carbonyl (C=O) groups is 2. The number of carbonyl (C=O) groups excluding carboxylic acids is 2. The SMILES string of the molecule is CC[C@@H](C)N(Cc1cc(NC(=O)c2cccs2)ccc1N(C)C)C(=O)CC(C)(C)C. The molecule has 0 saturated heterocycles. The largest absolute Gasteiger partial charge is 0.377 e. The minimum absolute atomic E-state index is 0.0658. The van der Waals surface area contributed by atoms with E-state index < -0.39 is 0 Å². The van der Waals surface area contributed by atoms with E-state index in [0.29, 0.717) is 17.8 Å². The molecule has 164 valence electrons. The summed E-state index contributed by atoms with van der Waals surface area (Å²) in [6.45, 7) is 11.0. The monoisotopic (exact) mass is 429 g/mol. The minimum atomic E-state index is -0.115. The number of hydrogen-bond donors (Lipinski definition) is 1. The molecular formula is C24H35N3O2S. The highest BCUT2D eigenvalue weighted by atomic mass is 32.1. The van der Waals surface area contributed by atoms with E-state index in [1.807, 2.05) is 59.6 Å². The summed E-state index contributed by atoms with van der Waals surface area (Å²) >= 11 is 1.42. The molecular weight excluding hydrogens is 394 g/mol. The molecule has 0 spiro atoms. The fourth-order valence-electron chi connectivity index (χ4n) is 3.28. The summed E-state index contributed by atoms with van der Waals surface area (Å²) in [5.41, 5.74) is 2.73. The lowest BCUT2D eigenvalue weighted by Crippen LogP contribution is -2.39. The number of thiophene rings is 1. The van der Waals surface area contributed by atoms with Crippen molar-refractivity contribution in [3.8, 4) is 0 Å². The van der Waals surface area contributed by atoms with Crippen LogP contribution in [-0.2, 0) is 11.3 Å². The number of benzene rings is 1. The van der Waals surface area contributed by atoms with Crippen molar-refractivity contribution in [2.45, 2.75) is 60.0 Å². The van der Waals surface area contributed by atoms with Gasteiger partial charge in [-0.05, 0) is 54.0 Å². The van der Waals surface area contributed by atoms with Gasteiger partial charge in [-0.15, -0.1) is 11.3 Å². The molecule has 2 aromatic rings. The van der Waals surface area contributed by atoms with Crippen molar-refractivity contribution in [1.29, 1.82) is 0 Å². The molecule has 6 heteroatoms. The first kappa shape index (κ1) is 23.9. The lowest BCUT2D eigenvalue weighted by Gasteiger charge is -2.33. The highest BCUT2D eigenvalue weighted by molar-refractivity contribution is 7.12. The third-order valence-electron chi connectivity index (χ3n) is 5.03. The zero-order valence-electron chi connectivity index (χ0n) is 19.3. The molecule has 0 aliphatic heterocycles. The lowest BCUT2D eigenvalue weighted by molar-refractivity contribution is -0.135. The molecule has 1 atom stereocenters. The van der Waals surface area contributed by atoms with Crippen molar-refractivity contribution in [3.05, 3.63) is 46.2 Å². The van der Waals surface area contributed by atoms with E-state index in [2.05, 4.69) is 39.9 Å². The number of hydrogen-bond acceptors (Lipinski definition) is 4. The first-order chi connectivity index (χ1) is 14.0. The topological polar surface area (TPSA) is 52.7 Å². The molecule has 0 saturated carbocycles. The third kappa shape index (κ3) is 6.59. The Balaban J connectivity index is 2.33. The first-order valence-corrected chi connectivity index (χ1v) is 11.3. The predicted octanol–water partition coefficient (Wildman–Crippen LogP) is 5.63. The average molecular weight is 430 g/mol. The molecule has 1 heterocycles. The molecule has 1 N–H and O–H groups in total. The van der Waals surface area contributed by atoms with E-state index >= 15 is 0 Å². The maximum atomic E-state index is 13.1. The second-order valence-corrected chi connectivity index (χ2v) is 10.1. The smallest absolute Gasteiger partial charge is 0.265 e. The Kier molecular flexibility index (Phi) is 8.07. The van der Waals surface area contributed by atoms with Crippen molar-refractivity contribution in [1.82, 2.24) is 4.90 Å². The fraction of sp³-hybridized carbons (Fsp3) is 0.500. The van der Waals surface area contributed by atoms with Gasteiger partial charge in [0.15, 0.2) is 0 Å². The fourth-order valence-corrected chi connectivity index (χ4v) is 3.89. The Labute approximate surface area is 185 Å². The lowest BCUT2D eigenvalue weighted by atomic mass is 9.91. The van der Waals surface area contributed by atoms with Crippen LogP contribution in [0.3, 0.4) is 0 Å². The zero-order chi connectivity index (χ0) is 22.5. The summed E-state index contributed by atoms with van der Waals surface area (Å²) in [5.74, 6) is 0.0470. The van der Waals surface area contributed by atoms with Crippen molar-refractivity contribution >= 4 is 34.5 Å². The first-order valence-electron chi connectivity index (χ1n) is 10.5. The molecule has 0 radical (unpaired) electrons. The molecule has 5 nitrogen and oxygen atoms in total. The number of rotatable bonds is 8. The van der Waals surface area contributed by atoms with Gasteiger partial charge in [0.05, 0.1) is 4.88 Å². The van der Waals surface area contributed by atoms with Crippen LogP contribution in [0.15, 0.2) is 35.7 Å². The van der Waals surface area contributed by atoms with Crippen LogP contribution >= 0.6 is 11.3 Å². The maximum Gasteiger partial charge on any atom is 0.265 e. The summed E-state index contributed by atoms with van der Waals surface area (Å²) in [4.78, 5) is 30.3. The Morgan fingerprint density at radius 3 is 2.40 bits per heavy atom. The third-order valence-corrected chi connectivity index (χ3v) is 5.90. The average Bonchev–Trinajstić information content (AvgIpc) is 3.18. The van der Waals surface area contributed by atoms with Crippen LogP contribution in [0.5, 0.6) is 0 Å². The molecule has 2 amide bonds. The molecule has 0 bridgehead atoms. The number of nitrogens with one attached hydrogen (secondary N) is 1. The van der Waals surface area contributed by atoms with E-state index in [1.165, 1.54) is 11.3 Å². The van der Waals surface area contributed by atoms with Crippen LogP contribution in [0.25, 0.3) is 0 Å². The molecule has 0 aliphatic carbocycles.